The molecule has 0 aliphatic heterocycles. The molecule has 0 spiro atoms. The van der Waals surface area contributed by atoms with E-state index >= 15 is 0 Å². The number of hydrogen-bond donors (Lipinski definition) is 0. The number of rotatable bonds is 4. The van der Waals surface area contributed by atoms with Crippen molar-refractivity contribution in [2.24, 2.45) is 0 Å². The number of halogens is 1. The van der Waals surface area contributed by atoms with Crippen LogP contribution in [0, 0.1) is 0 Å². The highest BCUT2D eigenvalue weighted by Gasteiger charge is 2.00. The van der Waals surface area contributed by atoms with Gasteiger partial charge in [-0.1, -0.05) is 34.1 Å². The summed E-state index contributed by atoms with van der Waals surface area (Å²) in [5.41, 5.74) is 1.15. The van der Waals surface area contributed by atoms with E-state index in [4.69, 9.17) is 4.74 Å². The Morgan fingerprint density at radius 2 is 1.76 bits per heavy atom. The quantitative estimate of drug-likeness (QED) is 0.754. The van der Waals surface area contributed by atoms with Crippen molar-refractivity contribution >= 4 is 27.7 Å². The van der Waals surface area contributed by atoms with Crippen LogP contribution in [0.15, 0.2) is 57.9 Å². The molecule has 0 unspecified atom stereocenters. The zero-order valence-electron chi connectivity index (χ0n) is 9.52. The van der Waals surface area contributed by atoms with Crippen molar-refractivity contribution in [1.29, 1.82) is 0 Å². The lowest BCUT2D eigenvalue weighted by Gasteiger charge is -2.08. The van der Waals surface area contributed by atoms with Crippen molar-refractivity contribution in [3.63, 3.8) is 0 Å². The largest absolute Gasteiger partial charge is 0.489 e. The summed E-state index contributed by atoms with van der Waals surface area (Å²) in [5.74, 6) is 0.901. The van der Waals surface area contributed by atoms with Crippen LogP contribution >= 0.6 is 27.7 Å². The maximum atomic E-state index is 5.73. The Hall–Kier alpha value is -0.930. The molecule has 0 N–H and O–H groups in total. The van der Waals surface area contributed by atoms with Gasteiger partial charge in [-0.15, -0.1) is 11.8 Å². The predicted molar refractivity (Wildman–Crippen MR) is 76.7 cm³/mol. The van der Waals surface area contributed by atoms with Crippen molar-refractivity contribution in [2.45, 2.75) is 11.5 Å². The van der Waals surface area contributed by atoms with Crippen molar-refractivity contribution in [1.82, 2.24) is 0 Å². The normalized spacial score (nSPS) is 10.2. The van der Waals surface area contributed by atoms with Crippen LogP contribution in [0.1, 0.15) is 5.56 Å². The third kappa shape index (κ3) is 3.51. The molecule has 17 heavy (non-hydrogen) atoms. The molecule has 0 bridgehead atoms. The minimum atomic E-state index is 0.583. The molecule has 0 aliphatic rings. The molecule has 0 radical (unpaired) electrons. The van der Waals surface area contributed by atoms with Crippen molar-refractivity contribution < 1.29 is 4.74 Å². The predicted octanol–water partition coefficient (Wildman–Crippen LogP) is 4.75. The van der Waals surface area contributed by atoms with Gasteiger partial charge in [-0.3, -0.25) is 0 Å². The Bertz CT molecular complexity index is 482. The van der Waals surface area contributed by atoms with Crippen LogP contribution in [-0.2, 0) is 6.61 Å². The molecule has 0 heterocycles. The topological polar surface area (TPSA) is 9.23 Å². The SMILES string of the molecule is CSc1ccc(OCc2ccccc2Br)cc1. The minimum Gasteiger partial charge on any atom is -0.489 e. The van der Waals surface area contributed by atoms with Gasteiger partial charge in [-0.25, -0.2) is 0 Å². The number of benzene rings is 2. The fraction of sp³-hybridized carbons (Fsp3) is 0.143. The standard InChI is InChI=1S/C14H13BrOS/c1-17-13-8-6-12(7-9-13)16-10-11-4-2-3-5-14(11)15/h2-9H,10H2,1H3. The Morgan fingerprint density at radius 3 is 2.41 bits per heavy atom. The number of thioether (sulfide) groups is 1. The van der Waals surface area contributed by atoms with E-state index < -0.39 is 0 Å². The zero-order valence-corrected chi connectivity index (χ0v) is 11.9. The second-order valence-electron chi connectivity index (χ2n) is 3.56. The second-order valence-corrected chi connectivity index (χ2v) is 5.29. The summed E-state index contributed by atoms with van der Waals surface area (Å²) >= 11 is 5.24. The molecule has 0 saturated carbocycles. The van der Waals surface area contributed by atoms with Crippen LogP contribution < -0.4 is 4.74 Å². The van der Waals surface area contributed by atoms with E-state index in [0.717, 1.165) is 15.8 Å². The van der Waals surface area contributed by atoms with Gasteiger partial charge in [-0.2, -0.15) is 0 Å². The minimum absolute atomic E-state index is 0.583. The van der Waals surface area contributed by atoms with E-state index in [0.29, 0.717) is 6.61 Å². The maximum absolute atomic E-state index is 5.73. The molecule has 88 valence electrons. The molecule has 0 amide bonds. The average molecular weight is 309 g/mol. The van der Waals surface area contributed by atoms with Gasteiger partial charge >= 0.3 is 0 Å². The maximum Gasteiger partial charge on any atom is 0.119 e. The Balaban J connectivity index is 2.00. The second kappa shape index (κ2) is 6.12. The van der Waals surface area contributed by atoms with Gasteiger partial charge in [0.2, 0.25) is 0 Å². The Morgan fingerprint density at radius 1 is 1.06 bits per heavy atom. The third-order valence-corrected chi connectivity index (χ3v) is 3.93. The molecule has 0 fully saturated rings. The summed E-state index contributed by atoms with van der Waals surface area (Å²) in [6.45, 7) is 0.583. The van der Waals surface area contributed by atoms with Crippen LogP contribution in [-0.4, -0.2) is 6.26 Å². The smallest absolute Gasteiger partial charge is 0.119 e. The zero-order chi connectivity index (χ0) is 12.1. The summed E-state index contributed by atoms with van der Waals surface area (Å²) < 4.78 is 6.82. The summed E-state index contributed by atoms with van der Waals surface area (Å²) in [5, 5.41) is 0. The molecule has 2 aromatic carbocycles. The van der Waals surface area contributed by atoms with Crippen molar-refractivity contribution in [3.8, 4) is 5.75 Å². The molecule has 0 aromatic heterocycles. The first-order valence-electron chi connectivity index (χ1n) is 5.30. The molecule has 0 atom stereocenters. The van der Waals surface area contributed by atoms with E-state index in [-0.39, 0.29) is 0 Å². The van der Waals surface area contributed by atoms with Gasteiger partial charge in [0.1, 0.15) is 12.4 Å². The first-order valence-corrected chi connectivity index (χ1v) is 7.31. The molecule has 1 nitrogen and oxygen atoms in total. The number of hydrogen-bond acceptors (Lipinski definition) is 2. The molecule has 0 aliphatic carbocycles. The summed E-state index contributed by atoms with van der Waals surface area (Å²) in [4.78, 5) is 1.25. The van der Waals surface area contributed by atoms with E-state index in [9.17, 15) is 0 Å². The molecule has 2 aromatic rings. The van der Waals surface area contributed by atoms with E-state index in [1.807, 2.05) is 30.3 Å². The Labute approximate surface area is 114 Å². The third-order valence-electron chi connectivity index (χ3n) is 2.41. The van der Waals surface area contributed by atoms with Gasteiger partial charge in [0.15, 0.2) is 0 Å². The number of ether oxygens (including phenoxy) is 1. The highest BCUT2D eigenvalue weighted by atomic mass is 79.9. The fourth-order valence-corrected chi connectivity index (χ4v) is 2.26. The molecule has 3 heteroatoms. The van der Waals surface area contributed by atoms with E-state index in [2.05, 4.69) is 40.4 Å². The monoisotopic (exact) mass is 308 g/mol. The Kier molecular flexibility index (Phi) is 4.51. The van der Waals surface area contributed by atoms with Gasteiger partial charge in [0.05, 0.1) is 0 Å². The lowest BCUT2D eigenvalue weighted by molar-refractivity contribution is 0.305. The van der Waals surface area contributed by atoms with E-state index in [1.165, 1.54) is 4.90 Å². The van der Waals surface area contributed by atoms with Crippen LogP contribution in [0.25, 0.3) is 0 Å². The van der Waals surface area contributed by atoms with Crippen LogP contribution in [0.4, 0.5) is 0 Å². The van der Waals surface area contributed by atoms with Crippen LogP contribution in [0.5, 0.6) is 5.75 Å². The highest BCUT2D eigenvalue weighted by Crippen LogP contribution is 2.21. The fourth-order valence-electron chi connectivity index (χ4n) is 1.45. The highest BCUT2D eigenvalue weighted by molar-refractivity contribution is 9.10. The van der Waals surface area contributed by atoms with Gasteiger partial charge in [0, 0.05) is 14.9 Å². The summed E-state index contributed by atoms with van der Waals surface area (Å²) in [6.07, 6.45) is 2.07. The lowest BCUT2D eigenvalue weighted by Crippen LogP contribution is -1.95. The summed E-state index contributed by atoms with van der Waals surface area (Å²) in [7, 11) is 0. The van der Waals surface area contributed by atoms with Gasteiger partial charge in [0.25, 0.3) is 0 Å². The first kappa shape index (κ1) is 12.5. The summed E-state index contributed by atoms with van der Waals surface area (Å²) in [6, 6.07) is 16.2. The molecular weight excluding hydrogens is 296 g/mol. The molecular formula is C14H13BrOS. The molecule has 0 saturated heterocycles. The average Bonchev–Trinajstić information content (AvgIpc) is 2.38. The van der Waals surface area contributed by atoms with Crippen molar-refractivity contribution in [3.05, 3.63) is 58.6 Å². The van der Waals surface area contributed by atoms with Crippen molar-refractivity contribution in [2.75, 3.05) is 6.26 Å². The molecule has 2 rings (SSSR count). The van der Waals surface area contributed by atoms with Gasteiger partial charge < -0.3 is 4.74 Å². The van der Waals surface area contributed by atoms with Crippen LogP contribution in [0.3, 0.4) is 0 Å². The lowest BCUT2D eigenvalue weighted by atomic mass is 10.2. The van der Waals surface area contributed by atoms with E-state index in [1.54, 1.807) is 11.8 Å². The van der Waals surface area contributed by atoms with Crippen LogP contribution in [0.2, 0.25) is 0 Å². The van der Waals surface area contributed by atoms with Gasteiger partial charge in [-0.05, 0) is 36.6 Å². The first-order chi connectivity index (χ1) is 8.29.